The van der Waals surface area contributed by atoms with Crippen molar-refractivity contribution < 1.29 is 24.2 Å². The van der Waals surface area contributed by atoms with Crippen molar-refractivity contribution in [3.8, 4) is 0 Å². The number of carbonyl (C=O) groups is 2. The van der Waals surface area contributed by atoms with Gasteiger partial charge in [-0.1, -0.05) is 20.8 Å². The molecule has 0 amide bonds. The second-order valence-corrected chi connectivity index (χ2v) is 12.1. The molecule has 4 rings (SSSR count). The minimum Gasteiger partial charge on any atom is -0.469 e. The zero-order valence-electron chi connectivity index (χ0n) is 20.8. The second kappa shape index (κ2) is 8.92. The van der Waals surface area contributed by atoms with Gasteiger partial charge in [0.15, 0.2) is 0 Å². The standard InChI is InChI=1S/C27H44O5/c1-16(6-9-24(30)31-5)20-7-8-21-25-22(11-13-27(20,21)4)26(3)12-10-19(29)14-18(26)15-23(25)32-17(2)28/h16,18-23,25,29H,6-15H2,1-5H3/t16-,18+,19-,20+,21-,22-,23-,25-,26-,27+/m0/s1. The van der Waals surface area contributed by atoms with Crippen LogP contribution in [0.3, 0.4) is 0 Å². The summed E-state index contributed by atoms with van der Waals surface area (Å²) in [5.41, 5.74) is 0.489. The summed E-state index contributed by atoms with van der Waals surface area (Å²) in [5.74, 6) is 2.83. The van der Waals surface area contributed by atoms with Crippen LogP contribution in [-0.2, 0) is 19.1 Å². The lowest BCUT2D eigenvalue weighted by Gasteiger charge is -2.62. The van der Waals surface area contributed by atoms with Crippen molar-refractivity contribution in [2.24, 2.45) is 46.3 Å². The number of fused-ring (bicyclic) bond motifs is 5. The van der Waals surface area contributed by atoms with Crippen LogP contribution < -0.4 is 0 Å². The molecule has 4 saturated carbocycles. The third kappa shape index (κ3) is 4.01. The quantitative estimate of drug-likeness (QED) is 0.590. The Labute approximate surface area is 194 Å². The van der Waals surface area contributed by atoms with E-state index in [1.165, 1.54) is 32.8 Å². The molecule has 4 aliphatic carbocycles. The van der Waals surface area contributed by atoms with E-state index in [1.54, 1.807) is 6.92 Å². The van der Waals surface area contributed by atoms with E-state index in [1.807, 2.05) is 0 Å². The van der Waals surface area contributed by atoms with Crippen molar-refractivity contribution in [2.45, 2.75) is 104 Å². The normalized spacial score (nSPS) is 46.4. The van der Waals surface area contributed by atoms with Gasteiger partial charge in [0.1, 0.15) is 6.10 Å². The van der Waals surface area contributed by atoms with Crippen LogP contribution in [0.4, 0.5) is 0 Å². The number of esters is 2. The number of carbonyl (C=O) groups excluding carboxylic acids is 2. The summed E-state index contributed by atoms with van der Waals surface area (Å²) in [6, 6.07) is 0. The molecule has 5 heteroatoms. The number of hydrogen-bond donors (Lipinski definition) is 1. The highest BCUT2D eigenvalue weighted by molar-refractivity contribution is 5.69. The van der Waals surface area contributed by atoms with Gasteiger partial charge in [0.2, 0.25) is 0 Å². The predicted molar refractivity (Wildman–Crippen MR) is 123 cm³/mol. The minimum absolute atomic E-state index is 0.0189. The summed E-state index contributed by atoms with van der Waals surface area (Å²) in [6.07, 6.45) is 9.75. The summed E-state index contributed by atoms with van der Waals surface area (Å²) in [5, 5.41) is 10.4. The van der Waals surface area contributed by atoms with Crippen molar-refractivity contribution >= 4 is 11.9 Å². The SMILES string of the molecule is COC(=O)CC[C@H](C)[C@H]1CC[C@H]2[C@@H]3[C@@H](OC(C)=O)C[C@H]4C[C@@H](O)CC[C@]4(C)[C@H]3CC[C@]12C. The van der Waals surface area contributed by atoms with E-state index in [-0.39, 0.29) is 35.0 Å². The third-order valence-corrected chi connectivity index (χ3v) is 10.7. The first kappa shape index (κ1) is 24.0. The molecule has 0 heterocycles. The van der Waals surface area contributed by atoms with E-state index in [2.05, 4.69) is 20.8 Å². The van der Waals surface area contributed by atoms with E-state index in [0.717, 1.165) is 32.1 Å². The Morgan fingerprint density at radius 1 is 1.03 bits per heavy atom. The van der Waals surface area contributed by atoms with Crippen LogP contribution in [0.25, 0.3) is 0 Å². The van der Waals surface area contributed by atoms with E-state index < -0.39 is 0 Å². The third-order valence-electron chi connectivity index (χ3n) is 10.7. The van der Waals surface area contributed by atoms with Crippen molar-refractivity contribution in [3.63, 3.8) is 0 Å². The van der Waals surface area contributed by atoms with Crippen LogP contribution in [0, 0.1) is 46.3 Å². The molecule has 0 aromatic carbocycles. The zero-order valence-corrected chi connectivity index (χ0v) is 20.8. The number of ether oxygens (including phenoxy) is 2. The number of aliphatic hydroxyl groups excluding tert-OH is 1. The molecule has 0 bridgehead atoms. The van der Waals surface area contributed by atoms with Crippen molar-refractivity contribution in [1.82, 2.24) is 0 Å². The second-order valence-electron chi connectivity index (χ2n) is 12.1. The molecule has 4 fully saturated rings. The lowest BCUT2D eigenvalue weighted by Crippen LogP contribution is -2.59. The summed E-state index contributed by atoms with van der Waals surface area (Å²) in [7, 11) is 1.47. The van der Waals surface area contributed by atoms with Crippen molar-refractivity contribution in [3.05, 3.63) is 0 Å². The van der Waals surface area contributed by atoms with Gasteiger partial charge in [-0.3, -0.25) is 9.59 Å². The fourth-order valence-electron chi connectivity index (χ4n) is 9.13. The topological polar surface area (TPSA) is 72.8 Å². The maximum Gasteiger partial charge on any atom is 0.305 e. The molecular weight excluding hydrogens is 404 g/mol. The lowest BCUT2D eigenvalue weighted by atomic mass is 9.43. The Morgan fingerprint density at radius 2 is 1.72 bits per heavy atom. The molecule has 0 aromatic rings. The Bertz CT molecular complexity index is 721. The average molecular weight is 449 g/mol. The highest BCUT2D eigenvalue weighted by atomic mass is 16.5. The van der Waals surface area contributed by atoms with Crippen LogP contribution in [0.2, 0.25) is 0 Å². The highest BCUT2D eigenvalue weighted by Crippen LogP contribution is 2.68. The van der Waals surface area contributed by atoms with Gasteiger partial charge in [0, 0.05) is 19.3 Å². The van der Waals surface area contributed by atoms with Crippen LogP contribution >= 0.6 is 0 Å². The van der Waals surface area contributed by atoms with Gasteiger partial charge in [0.05, 0.1) is 13.2 Å². The van der Waals surface area contributed by atoms with Crippen LogP contribution in [0.15, 0.2) is 0 Å². The smallest absolute Gasteiger partial charge is 0.305 e. The summed E-state index contributed by atoms with van der Waals surface area (Å²) in [6.45, 7) is 8.83. The van der Waals surface area contributed by atoms with E-state index in [0.29, 0.717) is 41.9 Å². The maximum absolute atomic E-state index is 12.1. The zero-order chi connectivity index (χ0) is 23.3. The van der Waals surface area contributed by atoms with Gasteiger partial charge in [-0.15, -0.1) is 0 Å². The minimum atomic E-state index is -0.206. The Hall–Kier alpha value is -1.10. The molecule has 1 N–H and O–H groups in total. The molecule has 0 unspecified atom stereocenters. The van der Waals surface area contributed by atoms with E-state index in [9.17, 15) is 14.7 Å². The van der Waals surface area contributed by atoms with Crippen molar-refractivity contribution in [2.75, 3.05) is 7.11 Å². The van der Waals surface area contributed by atoms with Crippen LogP contribution in [0.5, 0.6) is 0 Å². The molecule has 32 heavy (non-hydrogen) atoms. The van der Waals surface area contributed by atoms with Gasteiger partial charge in [0.25, 0.3) is 0 Å². The van der Waals surface area contributed by atoms with Gasteiger partial charge in [-0.05, 0) is 98.2 Å². The molecule has 0 saturated heterocycles. The fourth-order valence-corrected chi connectivity index (χ4v) is 9.13. The number of methoxy groups -OCH3 is 1. The molecule has 0 aliphatic heterocycles. The first-order valence-corrected chi connectivity index (χ1v) is 13.0. The van der Waals surface area contributed by atoms with E-state index >= 15 is 0 Å². The number of rotatable bonds is 5. The fraction of sp³-hybridized carbons (Fsp3) is 0.926. The molecule has 0 radical (unpaired) electrons. The van der Waals surface area contributed by atoms with Gasteiger partial charge in [-0.2, -0.15) is 0 Å². The summed E-state index contributed by atoms with van der Waals surface area (Å²) in [4.78, 5) is 23.8. The number of hydrogen-bond acceptors (Lipinski definition) is 5. The number of aliphatic hydroxyl groups is 1. The summed E-state index contributed by atoms with van der Waals surface area (Å²) < 4.78 is 10.9. The molecule has 10 atom stereocenters. The first-order chi connectivity index (χ1) is 15.1. The molecule has 0 spiro atoms. The maximum atomic E-state index is 12.1. The first-order valence-electron chi connectivity index (χ1n) is 13.0. The Kier molecular flexibility index (Phi) is 6.70. The summed E-state index contributed by atoms with van der Waals surface area (Å²) >= 11 is 0. The molecule has 0 aromatic heterocycles. The Morgan fingerprint density at radius 3 is 2.41 bits per heavy atom. The van der Waals surface area contributed by atoms with Gasteiger partial charge >= 0.3 is 11.9 Å². The van der Waals surface area contributed by atoms with Crippen LogP contribution in [0.1, 0.15) is 91.9 Å². The molecule has 182 valence electrons. The monoisotopic (exact) mass is 448 g/mol. The van der Waals surface area contributed by atoms with Gasteiger partial charge < -0.3 is 14.6 Å². The lowest BCUT2D eigenvalue weighted by molar-refractivity contribution is -0.194. The average Bonchev–Trinajstić information content (AvgIpc) is 3.09. The van der Waals surface area contributed by atoms with Crippen LogP contribution in [-0.4, -0.2) is 36.4 Å². The largest absolute Gasteiger partial charge is 0.469 e. The van der Waals surface area contributed by atoms with E-state index in [4.69, 9.17) is 9.47 Å². The van der Waals surface area contributed by atoms with Crippen molar-refractivity contribution in [1.29, 1.82) is 0 Å². The van der Waals surface area contributed by atoms with Gasteiger partial charge in [-0.25, -0.2) is 0 Å². The molecule has 4 aliphatic rings. The highest BCUT2D eigenvalue weighted by Gasteiger charge is 2.63. The predicted octanol–water partition coefficient (Wildman–Crippen LogP) is 5.14. The molecular formula is C27H44O5. The Balaban J connectivity index is 1.59. The molecule has 5 nitrogen and oxygen atoms in total.